The first-order valence-corrected chi connectivity index (χ1v) is 12.7. The zero-order valence-electron chi connectivity index (χ0n) is 20.8. The van der Waals surface area contributed by atoms with Gasteiger partial charge in [0.25, 0.3) is 11.5 Å². The van der Waals surface area contributed by atoms with E-state index in [4.69, 9.17) is 9.72 Å². The fourth-order valence-electron chi connectivity index (χ4n) is 4.70. The number of para-hydroxylation sites is 1. The maximum atomic E-state index is 13.0. The van der Waals surface area contributed by atoms with E-state index in [1.54, 1.807) is 22.8 Å². The van der Waals surface area contributed by atoms with Crippen LogP contribution in [0.3, 0.4) is 0 Å². The number of aryl methyl sites for hydroxylation is 1. The van der Waals surface area contributed by atoms with Gasteiger partial charge in [0.05, 0.1) is 16.5 Å². The van der Waals surface area contributed by atoms with Crippen molar-refractivity contribution in [3.8, 4) is 11.1 Å². The molecule has 1 aliphatic rings. The van der Waals surface area contributed by atoms with E-state index in [9.17, 15) is 14.4 Å². The highest BCUT2D eigenvalue weighted by Gasteiger charge is 2.21. The Balaban J connectivity index is 1.33. The number of hydrogen-bond donors (Lipinski definition) is 1. The number of nitrogens with zero attached hydrogens (tertiary/aromatic N) is 2. The first-order chi connectivity index (χ1) is 18.0. The Morgan fingerprint density at radius 1 is 0.946 bits per heavy atom. The molecular formula is C30H29N3O4. The summed E-state index contributed by atoms with van der Waals surface area (Å²) < 4.78 is 7.25. The van der Waals surface area contributed by atoms with Crippen LogP contribution in [0.15, 0.2) is 77.6 Å². The van der Waals surface area contributed by atoms with Gasteiger partial charge in [0.2, 0.25) is 0 Å². The fraction of sp³-hybridized carbons (Fsp3) is 0.267. The summed E-state index contributed by atoms with van der Waals surface area (Å²) in [5.74, 6) is -0.322. The highest BCUT2D eigenvalue weighted by molar-refractivity contribution is 6.00. The lowest BCUT2D eigenvalue weighted by molar-refractivity contribution is -0.123. The van der Waals surface area contributed by atoms with Gasteiger partial charge in [0, 0.05) is 24.2 Å². The Labute approximate surface area is 215 Å². The van der Waals surface area contributed by atoms with Crippen LogP contribution in [0.5, 0.6) is 0 Å². The normalized spacial score (nSPS) is 14.2. The average Bonchev–Trinajstić information content (AvgIpc) is 2.90. The first-order valence-electron chi connectivity index (χ1n) is 12.7. The molecule has 7 heteroatoms. The number of rotatable bonds is 5. The second kappa shape index (κ2) is 10.8. The Morgan fingerprint density at radius 3 is 2.54 bits per heavy atom. The summed E-state index contributed by atoms with van der Waals surface area (Å²) in [5, 5.41) is 3.35. The molecule has 0 saturated heterocycles. The lowest BCUT2D eigenvalue weighted by atomic mass is 10.0. The second-order valence-electron chi connectivity index (χ2n) is 9.33. The number of carbonyl (C=O) groups excluding carboxylic acids is 2. The van der Waals surface area contributed by atoms with Gasteiger partial charge < -0.3 is 10.1 Å². The van der Waals surface area contributed by atoms with Crippen molar-refractivity contribution in [2.75, 3.05) is 5.32 Å². The van der Waals surface area contributed by atoms with Gasteiger partial charge in [-0.2, -0.15) is 0 Å². The van der Waals surface area contributed by atoms with Gasteiger partial charge in [-0.05, 0) is 49.6 Å². The number of ether oxygens (including phenoxy) is 1. The second-order valence-corrected chi connectivity index (χ2v) is 9.33. The Morgan fingerprint density at radius 2 is 1.70 bits per heavy atom. The topological polar surface area (TPSA) is 90.3 Å². The third-order valence-corrected chi connectivity index (χ3v) is 6.72. The van der Waals surface area contributed by atoms with Gasteiger partial charge in [-0.25, -0.2) is 9.78 Å². The standard InChI is InChI=1S/C30H29N3O4/c1-20(28(34)32-25-14-9-8-13-23(25)21-11-5-4-6-12-21)37-30(36)22-16-17-24-26(19-22)31-27-15-7-2-3-10-18-33(27)29(24)35/h4-6,8-9,11-14,16-17,19-20H,2-3,7,10,15,18H2,1H3,(H,32,34). The Kier molecular flexibility index (Phi) is 7.12. The van der Waals surface area contributed by atoms with Gasteiger partial charge in [0.1, 0.15) is 5.82 Å². The molecule has 3 aromatic carbocycles. The number of anilines is 1. The summed E-state index contributed by atoms with van der Waals surface area (Å²) in [6, 6.07) is 22.0. The van der Waals surface area contributed by atoms with Gasteiger partial charge in [0.15, 0.2) is 6.10 Å². The van der Waals surface area contributed by atoms with Crippen LogP contribution in [0.1, 0.15) is 48.8 Å². The highest BCUT2D eigenvalue weighted by Crippen LogP contribution is 2.27. The molecule has 5 rings (SSSR count). The van der Waals surface area contributed by atoms with Crippen molar-refractivity contribution in [2.45, 2.75) is 51.7 Å². The minimum Gasteiger partial charge on any atom is -0.449 e. The predicted molar refractivity (Wildman–Crippen MR) is 144 cm³/mol. The van der Waals surface area contributed by atoms with E-state index in [0.717, 1.165) is 49.1 Å². The van der Waals surface area contributed by atoms with Crippen molar-refractivity contribution in [2.24, 2.45) is 0 Å². The summed E-state index contributed by atoms with van der Waals surface area (Å²) in [7, 11) is 0. The number of fused-ring (bicyclic) bond motifs is 2. The average molecular weight is 496 g/mol. The van der Waals surface area contributed by atoms with Crippen LogP contribution in [0.2, 0.25) is 0 Å². The third-order valence-electron chi connectivity index (χ3n) is 6.72. The van der Waals surface area contributed by atoms with Crippen LogP contribution in [-0.2, 0) is 22.5 Å². The lowest BCUT2D eigenvalue weighted by Gasteiger charge is -2.17. The van der Waals surface area contributed by atoms with Crippen LogP contribution in [0.25, 0.3) is 22.0 Å². The van der Waals surface area contributed by atoms with Gasteiger partial charge in [-0.3, -0.25) is 14.2 Å². The Hall–Kier alpha value is -4.26. The van der Waals surface area contributed by atoms with E-state index >= 15 is 0 Å². The molecule has 1 aliphatic heterocycles. The van der Waals surface area contributed by atoms with E-state index in [-0.39, 0.29) is 11.1 Å². The van der Waals surface area contributed by atoms with E-state index in [1.165, 1.54) is 6.92 Å². The summed E-state index contributed by atoms with van der Waals surface area (Å²) in [6.45, 7) is 2.20. The zero-order chi connectivity index (χ0) is 25.8. The maximum Gasteiger partial charge on any atom is 0.338 e. The number of carbonyl (C=O) groups is 2. The molecule has 37 heavy (non-hydrogen) atoms. The fourth-order valence-corrected chi connectivity index (χ4v) is 4.70. The SMILES string of the molecule is CC(OC(=O)c1ccc2c(=O)n3c(nc2c1)CCCCCC3)C(=O)Nc1ccccc1-c1ccccc1. The molecule has 1 aromatic heterocycles. The van der Waals surface area contributed by atoms with Crippen LogP contribution in [0.4, 0.5) is 5.69 Å². The molecule has 0 spiro atoms. The molecule has 1 N–H and O–H groups in total. The van der Waals surface area contributed by atoms with Crippen LogP contribution >= 0.6 is 0 Å². The number of aromatic nitrogens is 2. The minimum atomic E-state index is -1.03. The molecule has 0 radical (unpaired) electrons. The molecule has 1 unspecified atom stereocenters. The van der Waals surface area contributed by atoms with Crippen molar-refractivity contribution in [1.82, 2.24) is 9.55 Å². The molecule has 0 bridgehead atoms. The van der Waals surface area contributed by atoms with Gasteiger partial charge in [-0.1, -0.05) is 61.4 Å². The van der Waals surface area contributed by atoms with Crippen molar-refractivity contribution in [3.63, 3.8) is 0 Å². The van der Waals surface area contributed by atoms with E-state index < -0.39 is 18.0 Å². The van der Waals surface area contributed by atoms with Crippen molar-refractivity contribution >= 4 is 28.5 Å². The van der Waals surface area contributed by atoms with E-state index in [1.807, 2.05) is 54.6 Å². The van der Waals surface area contributed by atoms with Gasteiger partial charge in [-0.15, -0.1) is 0 Å². The predicted octanol–water partition coefficient (Wildman–Crippen LogP) is 5.36. The summed E-state index contributed by atoms with van der Waals surface area (Å²) >= 11 is 0. The molecule has 1 amide bonds. The van der Waals surface area contributed by atoms with Gasteiger partial charge >= 0.3 is 5.97 Å². The molecule has 1 atom stereocenters. The smallest absolute Gasteiger partial charge is 0.338 e. The van der Waals surface area contributed by atoms with Crippen molar-refractivity contribution in [1.29, 1.82) is 0 Å². The monoisotopic (exact) mass is 495 g/mol. The molecule has 4 aromatic rings. The number of nitrogens with one attached hydrogen (secondary N) is 1. The maximum absolute atomic E-state index is 13.0. The highest BCUT2D eigenvalue weighted by atomic mass is 16.5. The number of amides is 1. The van der Waals surface area contributed by atoms with Crippen LogP contribution in [-0.4, -0.2) is 27.5 Å². The quantitative estimate of drug-likeness (QED) is 0.376. The summed E-state index contributed by atoms with van der Waals surface area (Å²) in [5.41, 5.74) is 3.12. The van der Waals surface area contributed by atoms with Crippen LogP contribution in [0, 0.1) is 0 Å². The largest absolute Gasteiger partial charge is 0.449 e. The van der Waals surface area contributed by atoms with Crippen LogP contribution < -0.4 is 10.9 Å². The Bertz CT molecular complexity index is 1510. The molecule has 188 valence electrons. The number of hydrogen-bond acceptors (Lipinski definition) is 5. The molecular weight excluding hydrogens is 466 g/mol. The van der Waals surface area contributed by atoms with Crippen molar-refractivity contribution in [3.05, 3.63) is 94.5 Å². The van der Waals surface area contributed by atoms with E-state index in [2.05, 4.69) is 5.32 Å². The molecule has 0 fully saturated rings. The molecule has 7 nitrogen and oxygen atoms in total. The molecule has 2 heterocycles. The lowest BCUT2D eigenvalue weighted by Crippen LogP contribution is -2.30. The van der Waals surface area contributed by atoms with Crippen molar-refractivity contribution < 1.29 is 14.3 Å². The first kappa shape index (κ1) is 24.4. The van der Waals surface area contributed by atoms with E-state index in [0.29, 0.717) is 23.1 Å². The summed E-state index contributed by atoms with van der Waals surface area (Å²) in [4.78, 5) is 43.6. The number of esters is 1. The molecule has 0 saturated carbocycles. The summed E-state index contributed by atoms with van der Waals surface area (Å²) in [6.07, 6.45) is 3.89. The number of benzene rings is 3. The zero-order valence-corrected chi connectivity index (χ0v) is 20.8. The molecule has 0 aliphatic carbocycles. The minimum absolute atomic E-state index is 0.0772. The third kappa shape index (κ3) is 5.31.